The summed E-state index contributed by atoms with van der Waals surface area (Å²) in [4.78, 5) is 18.0. The smallest absolute Gasteiger partial charge is 0.251 e. The first-order chi connectivity index (χ1) is 18.8. The monoisotopic (exact) mass is 550 g/mol. The number of rotatable bonds is 11. The Hall–Kier alpha value is -2.93. The van der Waals surface area contributed by atoms with Gasteiger partial charge in [0.2, 0.25) is 0 Å². The molecular weight excluding hydrogens is 512 g/mol. The summed E-state index contributed by atoms with van der Waals surface area (Å²) in [5.74, 6) is 0.713. The van der Waals surface area contributed by atoms with E-state index in [1.54, 1.807) is 18.2 Å². The van der Waals surface area contributed by atoms with Crippen molar-refractivity contribution in [3.8, 4) is 5.75 Å². The first kappa shape index (κ1) is 29.1. The number of nitrogens with zero attached hydrogens (tertiary/aromatic N) is 1. The summed E-state index contributed by atoms with van der Waals surface area (Å²) < 4.78 is 5.66. The van der Waals surface area contributed by atoms with E-state index in [9.17, 15) is 15.0 Å². The number of carbonyl (C=O) groups is 1. The Morgan fingerprint density at radius 3 is 2.67 bits per heavy atom. The summed E-state index contributed by atoms with van der Waals surface area (Å²) in [6.07, 6.45) is 17.8. The fourth-order valence-corrected chi connectivity index (χ4v) is 5.38. The molecule has 3 aliphatic rings. The van der Waals surface area contributed by atoms with Crippen LogP contribution in [-0.4, -0.2) is 46.7 Å². The Bertz CT molecular complexity index is 1240. The van der Waals surface area contributed by atoms with E-state index in [0.29, 0.717) is 35.6 Å². The maximum Gasteiger partial charge on any atom is 0.251 e. The van der Waals surface area contributed by atoms with Crippen LogP contribution in [0.1, 0.15) is 63.2 Å². The van der Waals surface area contributed by atoms with Crippen LogP contribution in [0.2, 0.25) is 5.02 Å². The Labute approximate surface area is 236 Å². The van der Waals surface area contributed by atoms with Gasteiger partial charge in [-0.1, -0.05) is 66.6 Å². The maximum atomic E-state index is 12.9. The lowest BCUT2D eigenvalue weighted by Crippen LogP contribution is -2.36. The van der Waals surface area contributed by atoms with Crippen LogP contribution in [0.25, 0.3) is 0 Å². The van der Waals surface area contributed by atoms with Crippen molar-refractivity contribution in [2.45, 2.75) is 71.1 Å². The second-order valence-corrected chi connectivity index (χ2v) is 11.0. The molecule has 6 nitrogen and oxygen atoms in total. The molecule has 3 unspecified atom stereocenters. The van der Waals surface area contributed by atoms with Crippen LogP contribution in [0.3, 0.4) is 0 Å². The zero-order valence-electron chi connectivity index (χ0n) is 22.9. The number of hydrogen-bond donors (Lipinski definition) is 3. The molecule has 0 saturated carbocycles. The Kier molecular flexibility index (Phi) is 10.0. The molecule has 4 rings (SSSR count). The lowest BCUT2D eigenvalue weighted by molar-refractivity contribution is 0.0930. The standard InChI is InChI=1S/C32H39ClN2O4/c1-4-29(37)26-7-5-6-23-12-14-28(35-31(23)26)22-10-8-21(9-11-22)18-25(16-17-36)34-32(38)24-13-15-30(27(33)19-24)39-20(2)3/h5-10,13-15,19-20,22-23,25,29,36-37H,4,11-12,16-18H2,1-3H3,(H,34,38)/t22?,23?,25-,29?/m1/s1. The summed E-state index contributed by atoms with van der Waals surface area (Å²) >= 11 is 6.32. The lowest BCUT2D eigenvalue weighted by atomic mass is 9.82. The molecule has 3 N–H and O–H groups in total. The molecule has 4 atom stereocenters. The highest BCUT2D eigenvalue weighted by molar-refractivity contribution is 6.32. The van der Waals surface area contributed by atoms with Gasteiger partial charge in [0.15, 0.2) is 0 Å². The minimum Gasteiger partial charge on any atom is -0.489 e. The van der Waals surface area contributed by atoms with Gasteiger partial charge in [0.1, 0.15) is 5.75 Å². The number of nitrogens with one attached hydrogen (secondary N) is 1. The van der Waals surface area contributed by atoms with Crippen molar-refractivity contribution in [1.82, 2.24) is 5.32 Å². The topological polar surface area (TPSA) is 91.2 Å². The molecule has 0 bridgehead atoms. The molecule has 2 aliphatic carbocycles. The third-order valence-corrected chi connectivity index (χ3v) is 7.55. The van der Waals surface area contributed by atoms with E-state index < -0.39 is 6.10 Å². The Morgan fingerprint density at radius 1 is 1.21 bits per heavy atom. The molecule has 1 aliphatic heterocycles. The van der Waals surface area contributed by atoms with Gasteiger partial charge in [-0.25, -0.2) is 0 Å². The number of carbonyl (C=O) groups excluding carboxylic acids is 1. The van der Waals surface area contributed by atoms with E-state index in [-0.39, 0.29) is 36.5 Å². The molecule has 1 aromatic carbocycles. The Balaban J connectivity index is 1.38. The Morgan fingerprint density at radius 2 is 2.00 bits per heavy atom. The molecule has 1 aromatic rings. The average Bonchev–Trinajstić information content (AvgIpc) is 2.93. The van der Waals surface area contributed by atoms with Crippen molar-refractivity contribution in [3.05, 3.63) is 88.2 Å². The normalized spacial score (nSPS) is 21.8. The lowest BCUT2D eigenvalue weighted by Gasteiger charge is -2.29. The largest absolute Gasteiger partial charge is 0.489 e. The number of aliphatic hydroxyl groups is 2. The number of halogens is 1. The number of fused-ring (bicyclic) bond motifs is 1. The molecule has 1 amide bonds. The van der Waals surface area contributed by atoms with E-state index in [1.807, 2.05) is 32.9 Å². The number of hydrogen-bond acceptors (Lipinski definition) is 5. The third-order valence-electron chi connectivity index (χ3n) is 7.25. The van der Waals surface area contributed by atoms with Gasteiger partial charge in [-0.15, -0.1) is 0 Å². The van der Waals surface area contributed by atoms with E-state index >= 15 is 0 Å². The van der Waals surface area contributed by atoms with Crippen LogP contribution in [-0.2, 0) is 0 Å². The van der Waals surface area contributed by atoms with Crippen molar-refractivity contribution in [1.29, 1.82) is 0 Å². The highest BCUT2D eigenvalue weighted by Gasteiger charge is 2.28. The molecule has 0 fully saturated rings. The second-order valence-electron chi connectivity index (χ2n) is 10.6. The van der Waals surface area contributed by atoms with Crippen molar-refractivity contribution < 1.29 is 19.7 Å². The van der Waals surface area contributed by atoms with E-state index in [0.717, 1.165) is 35.4 Å². The minimum absolute atomic E-state index is 0.0149. The molecule has 39 heavy (non-hydrogen) atoms. The zero-order valence-corrected chi connectivity index (χ0v) is 23.7. The van der Waals surface area contributed by atoms with Crippen LogP contribution in [0.4, 0.5) is 0 Å². The van der Waals surface area contributed by atoms with E-state index in [1.165, 1.54) is 0 Å². The highest BCUT2D eigenvalue weighted by atomic mass is 35.5. The third kappa shape index (κ3) is 7.38. The van der Waals surface area contributed by atoms with Gasteiger partial charge in [0.05, 0.1) is 22.9 Å². The van der Waals surface area contributed by atoms with Crippen molar-refractivity contribution >= 4 is 23.2 Å². The number of benzene rings is 1. The van der Waals surface area contributed by atoms with Crippen LogP contribution in [0.5, 0.6) is 5.75 Å². The van der Waals surface area contributed by atoms with Gasteiger partial charge < -0.3 is 20.3 Å². The maximum absolute atomic E-state index is 12.9. The number of ether oxygens (including phenoxy) is 1. The predicted octanol–water partition coefficient (Wildman–Crippen LogP) is 6.11. The molecule has 1 heterocycles. The molecule has 208 valence electrons. The van der Waals surface area contributed by atoms with Crippen LogP contribution in [0, 0.1) is 11.8 Å². The summed E-state index contributed by atoms with van der Waals surface area (Å²) in [6.45, 7) is 5.80. The predicted molar refractivity (Wildman–Crippen MR) is 157 cm³/mol. The van der Waals surface area contributed by atoms with Crippen LogP contribution < -0.4 is 10.1 Å². The fraction of sp³-hybridized carbons (Fsp3) is 0.438. The number of aliphatic imine (C=N–C) groups is 1. The summed E-state index contributed by atoms with van der Waals surface area (Å²) in [5.41, 5.74) is 4.53. The molecule has 0 aromatic heterocycles. The van der Waals surface area contributed by atoms with E-state index in [2.05, 4.69) is 35.7 Å². The minimum atomic E-state index is -0.495. The van der Waals surface area contributed by atoms with Crippen molar-refractivity contribution in [3.63, 3.8) is 0 Å². The zero-order chi connectivity index (χ0) is 27.9. The second kappa shape index (κ2) is 13.4. The number of aliphatic hydroxyl groups excluding tert-OH is 2. The summed E-state index contributed by atoms with van der Waals surface area (Å²) in [7, 11) is 0. The van der Waals surface area contributed by atoms with Gasteiger partial charge >= 0.3 is 0 Å². The molecule has 0 saturated heterocycles. The van der Waals surface area contributed by atoms with Gasteiger partial charge in [0, 0.05) is 41.3 Å². The highest BCUT2D eigenvalue weighted by Crippen LogP contribution is 2.34. The number of amides is 1. The average molecular weight is 551 g/mol. The van der Waals surface area contributed by atoms with Gasteiger partial charge in [-0.05, 0) is 64.2 Å². The summed E-state index contributed by atoms with van der Waals surface area (Å²) in [5, 5.41) is 23.6. The first-order valence-electron chi connectivity index (χ1n) is 13.9. The van der Waals surface area contributed by atoms with Crippen LogP contribution in [0.15, 0.2) is 82.6 Å². The molecular formula is C32H39ClN2O4. The SMILES string of the molecule is CCC(O)C1=CC=CC2CC=C(C3C=CC(C[C@@H](CCO)NC(=O)c4ccc(OC(C)C)c(Cl)c4)=CC3)N=C12. The van der Waals surface area contributed by atoms with Crippen molar-refractivity contribution in [2.24, 2.45) is 16.8 Å². The molecule has 0 radical (unpaired) electrons. The van der Waals surface area contributed by atoms with E-state index in [4.69, 9.17) is 21.3 Å². The van der Waals surface area contributed by atoms with Gasteiger partial charge in [-0.2, -0.15) is 0 Å². The van der Waals surface area contributed by atoms with Gasteiger partial charge in [-0.3, -0.25) is 9.79 Å². The van der Waals surface area contributed by atoms with Crippen molar-refractivity contribution in [2.75, 3.05) is 6.61 Å². The molecule has 7 heteroatoms. The van der Waals surface area contributed by atoms with Gasteiger partial charge in [0.25, 0.3) is 5.91 Å². The number of allylic oxidation sites excluding steroid dienone is 7. The quantitative estimate of drug-likeness (QED) is 0.310. The molecule has 0 spiro atoms. The fourth-order valence-electron chi connectivity index (χ4n) is 5.15. The first-order valence-corrected chi connectivity index (χ1v) is 14.3. The summed E-state index contributed by atoms with van der Waals surface area (Å²) in [6, 6.07) is 4.81. The van der Waals surface area contributed by atoms with Crippen LogP contribution >= 0.6 is 11.6 Å².